The fraction of sp³-hybridized carbons (Fsp3) is 0.272. The van der Waals surface area contributed by atoms with E-state index in [1.165, 1.54) is 36.4 Å². The lowest BCUT2D eigenvalue weighted by atomic mass is 9.84. The first-order valence-corrected chi connectivity index (χ1v) is 33.1. The summed E-state index contributed by atoms with van der Waals surface area (Å²) >= 11 is 0. The van der Waals surface area contributed by atoms with Crippen molar-refractivity contribution in [3.05, 3.63) is 287 Å². The molecule has 0 aromatic heterocycles. The van der Waals surface area contributed by atoms with Crippen molar-refractivity contribution in [2.24, 2.45) is 5.73 Å². The van der Waals surface area contributed by atoms with Crippen molar-refractivity contribution >= 4 is 30.7 Å². The van der Waals surface area contributed by atoms with Gasteiger partial charge in [-0.1, -0.05) is 200 Å². The van der Waals surface area contributed by atoms with Crippen molar-refractivity contribution in [1.82, 2.24) is 20.9 Å². The SMILES string of the molecule is C[C@@H](c1ccc(-c2ccc(F)cc2)cc1)N1CC[C@](CCC(N)=O)(c2ccccc2)OC1=O.C[C@@H](c1ccc(-c2ccc(F)cc2)cc1)N1CC[C@](CCCO)(c2ccccc2)OC1=O.C[C@@H](c1ccc(-c2ccc(F)cc2)cc1)N1CC[C@](CCOC=O)(c2ccccc2)OC1=O.N. The molecule has 0 unspecified atom stereocenters. The number of cyclic esters (lactones) is 3. The predicted octanol–water partition coefficient (Wildman–Crippen LogP) is 17.6. The zero-order chi connectivity index (χ0) is 69.2. The number of nitrogens with two attached hydrogens (primary N) is 1. The number of amides is 4. The third-order valence-corrected chi connectivity index (χ3v) is 19.0. The first-order valence-electron chi connectivity index (χ1n) is 33.1. The number of hydrogen-bond acceptors (Lipinski definition) is 11. The Hall–Kier alpha value is -10.6. The van der Waals surface area contributed by atoms with Gasteiger partial charge in [-0.3, -0.25) is 9.59 Å². The van der Waals surface area contributed by atoms with Crippen molar-refractivity contribution in [3.8, 4) is 33.4 Å². The van der Waals surface area contributed by atoms with Crippen LogP contribution in [0.5, 0.6) is 0 Å². The molecule has 99 heavy (non-hydrogen) atoms. The van der Waals surface area contributed by atoms with E-state index in [2.05, 4.69) is 0 Å². The lowest BCUT2D eigenvalue weighted by Gasteiger charge is -2.43. The first kappa shape index (κ1) is 72.7. The smallest absolute Gasteiger partial charge is 0.411 e. The number of rotatable bonds is 22. The summed E-state index contributed by atoms with van der Waals surface area (Å²) in [5, 5.41) is 9.36. The van der Waals surface area contributed by atoms with Gasteiger partial charge in [0.1, 0.15) is 34.3 Å². The second-order valence-electron chi connectivity index (χ2n) is 24.9. The maximum absolute atomic E-state index is 13.2. The number of benzene rings is 9. The van der Waals surface area contributed by atoms with Gasteiger partial charge in [0.2, 0.25) is 5.91 Å². The minimum Gasteiger partial charge on any atom is -0.468 e. The summed E-state index contributed by atoms with van der Waals surface area (Å²) in [4.78, 5) is 66.6. The number of primary amides is 1. The molecule has 3 aliphatic rings. The van der Waals surface area contributed by atoms with E-state index in [0.29, 0.717) is 71.1 Å². The number of nitrogens with zero attached hydrogens (tertiary/aromatic N) is 3. The number of hydrogen-bond donors (Lipinski definition) is 3. The molecule has 3 saturated heterocycles. The fourth-order valence-corrected chi connectivity index (χ4v) is 13.2. The largest absolute Gasteiger partial charge is 0.468 e. The molecule has 9 aromatic rings. The summed E-state index contributed by atoms with van der Waals surface area (Å²) < 4.78 is 62.6. The molecule has 18 heteroatoms. The van der Waals surface area contributed by atoms with E-state index < -0.39 is 34.9 Å². The molecule has 6 atom stereocenters. The van der Waals surface area contributed by atoms with Gasteiger partial charge in [-0.05, 0) is 137 Å². The zero-order valence-electron chi connectivity index (χ0n) is 55.9. The molecule has 0 spiro atoms. The van der Waals surface area contributed by atoms with Gasteiger partial charge in [0.25, 0.3) is 6.47 Å². The van der Waals surface area contributed by atoms with Crippen LogP contribution in [0.2, 0.25) is 0 Å². The van der Waals surface area contributed by atoms with E-state index in [1.807, 2.05) is 185 Å². The molecule has 0 aliphatic carbocycles. The molecular formula is C81H84F3N5O10. The molecule has 0 radical (unpaired) electrons. The molecule has 9 aromatic carbocycles. The summed E-state index contributed by atoms with van der Waals surface area (Å²) in [5.74, 6) is -1.21. The second-order valence-corrected chi connectivity index (χ2v) is 24.9. The lowest BCUT2D eigenvalue weighted by molar-refractivity contribution is -0.131. The van der Waals surface area contributed by atoms with E-state index in [4.69, 9.17) is 24.7 Å². The van der Waals surface area contributed by atoms with Gasteiger partial charge in [0, 0.05) is 64.8 Å². The monoisotopic (exact) mass is 1340 g/mol. The minimum absolute atomic E-state index is 0. The summed E-state index contributed by atoms with van der Waals surface area (Å²) in [6, 6.07) is 71.3. The zero-order valence-corrected chi connectivity index (χ0v) is 55.9. The lowest BCUT2D eigenvalue weighted by Crippen LogP contribution is -2.49. The minimum atomic E-state index is -0.865. The fourth-order valence-electron chi connectivity index (χ4n) is 13.2. The van der Waals surface area contributed by atoms with Crippen LogP contribution in [0.1, 0.15) is 124 Å². The van der Waals surface area contributed by atoms with Crippen LogP contribution in [0.15, 0.2) is 237 Å². The third kappa shape index (κ3) is 17.8. The maximum atomic E-state index is 13.2. The van der Waals surface area contributed by atoms with Gasteiger partial charge in [0.15, 0.2) is 0 Å². The average Bonchev–Trinajstić information content (AvgIpc) is 0.789. The Morgan fingerprint density at radius 1 is 0.455 bits per heavy atom. The average molecular weight is 1340 g/mol. The predicted molar refractivity (Wildman–Crippen MR) is 375 cm³/mol. The molecule has 3 aliphatic heterocycles. The second kappa shape index (κ2) is 33.6. The van der Waals surface area contributed by atoms with E-state index >= 15 is 0 Å². The Balaban J connectivity index is 0.000000173. The molecule has 0 saturated carbocycles. The topological polar surface area (TPSA) is 213 Å². The van der Waals surface area contributed by atoms with Crippen LogP contribution in [0.25, 0.3) is 33.4 Å². The number of aliphatic hydroxyl groups excluding tert-OH is 1. The van der Waals surface area contributed by atoms with E-state index in [1.54, 1.807) is 51.1 Å². The van der Waals surface area contributed by atoms with Gasteiger partial charge in [-0.25, -0.2) is 27.6 Å². The van der Waals surface area contributed by atoms with E-state index in [0.717, 1.165) is 66.8 Å². The number of ether oxygens (including phenoxy) is 4. The van der Waals surface area contributed by atoms with E-state index in [-0.39, 0.29) is 67.5 Å². The van der Waals surface area contributed by atoms with Crippen molar-refractivity contribution in [3.63, 3.8) is 0 Å². The number of aliphatic hydroxyl groups is 1. The van der Waals surface area contributed by atoms with Crippen LogP contribution in [-0.4, -0.2) is 83.3 Å². The molecule has 6 N–H and O–H groups in total. The molecule has 514 valence electrons. The Kier molecular flexibility index (Phi) is 24.7. The van der Waals surface area contributed by atoms with Gasteiger partial charge in [-0.15, -0.1) is 0 Å². The van der Waals surface area contributed by atoms with Gasteiger partial charge in [0.05, 0.1) is 24.7 Å². The molecule has 15 nitrogen and oxygen atoms in total. The summed E-state index contributed by atoms with van der Waals surface area (Å²) in [5.41, 5.74) is 14.4. The van der Waals surface area contributed by atoms with Crippen LogP contribution in [0, 0.1) is 17.5 Å². The van der Waals surface area contributed by atoms with Crippen LogP contribution in [-0.2, 0) is 45.3 Å². The Morgan fingerprint density at radius 3 is 0.990 bits per heavy atom. The first-order chi connectivity index (χ1) is 47.4. The molecule has 0 bridgehead atoms. The normalized spacial score (nSPS) is 19.0. The van der Waals surface area contributed by atoms with Crippen LogP contribution in [0.3, 0.4) is 0 Å². The highest BCUT2D eigenvalue weighted by Gasteiger charge is 2.46. The highest BCUT2D eigenvalue weighted by molar-refractivity contribution is 5.75. The highest BCUT2D eigenvalue weighted by atomic mass is 19.1. The van der Waals surface area contributed by atoms with Crippen molar-refractivity contribution in [2.75, 3.05) is 32.8 Å². The summed E-state index contributed by atoms with van der Waals surface area (Å²) in [6.07, 6.45) is 2.73. The van der Waals surface area contributed by atoms with Crippen LogP contribution >= 0.6 is 0 Å². The van der Waals surface area contributed by atoms with Crippen molar-refractivity contribution in [1.29, 1.82) is 0 Å². The third-order valence-electron chi connectivity index (χ3n) is 19.0. The summed E-state index contributed by atoms with van der Waals surface area (Å²) in [7, 11) is 0. The Morgan fingerprint density at radius 2 is 0.727 bits per heavy atom. The van der Waals surface area contributed by atoms with Gasteiger partial charge in [-0.2, -0.15) is 0 Å². The van der Waals surface area contributed by atoms with Gasteiger partial charge < -0.3 is 50.6 Å². The number of carbonyl (C=O) groups is 5. The maximum Gasteiger partial charge on any atom is 0.411 e. The molecular weight excluding hydrogens is 1260 g/mol. The van der Waals surface area contributed by atoms with Crippen LogP contribution in [0.4, 0.5) is 27.6 Å². The van der Waals surface area contributed by atoms with Crippen molar-refractivity contribution < 1.29 is 61.2 Å². The quantitative estimate of drug-likeness (QED) is 0.0330. The number of halogens is 3. The molecule has 4 amide bonds. The number of carbonyl (C=O) groups excluding carboxylic acids is 5. The Bertz CT molecular complexity index is 4090. The molecule has 3 heterocycles. The van der Waals surface area contributed by atoms with Gasteiger partial charge >= 0.3 is 18.3 Å². The molecule has 3 fully saturated rings. The Labute approximate surface area is 576 Å². The van der Waals surface area contributed by atoms with Crippen molar-refractivity contribution in [2.45, 2.75) is 107 Å². The highest BCUT2D eigenvalue weighted by Crippen LogP contribution is 2.44. The van der Waals surface area contributed by atoms with E-state index in [9.17, 15) is 42.3 Å². The standard InChI is InChI=1S/C27H27FN2O3.C27H26FNO4.C27H28FNO3.H3N/c1-19(20-7-9-21(10-8-20)22-11-13-24(28)14-12-22)30-18-17-27(33-26(30)32,16-15-25(29)31)23-5-3-2-4-6-23;1-20(21-7-9-22(10-8-21)23-11-13-25(28)14-12-23)29-17-15-27(33-26(29)31,16-18-32-19-30)24-5-3-2-4-6-24;1-20(21-8-10-22(11-9-21)23-12-14-25(28)15-13-23)29-18-17-27(16-5-19-30,32-26(29)31)24-6-3-2-4-7-24;/h2-14,19H,15-18H2,1H3,(H2,29,31);2-14,19-20H,15-18H2,1H3;2-4,6-15,20,30H,5,16-19H2,1H3;1H3/t19-,27+;20-,27-;20-,27+;/m000./s1. The molecule has 12 rings (SSSR count). The van der Waals surface area contributed by atoms with Crippen LogP contribution < -0.4 is 11.9 Å². The summed E-state index contributed by atoms with van der Waals surface area (Å²) in [6.45, 7) is 8.15.